The molecule has 0 radical (unpaired) electrons. The minimum atomic E-state index is -0.122. The van der Waals surface area contributed by atoms with Gasteiger partial charge in [0.15, 0.2) is 0 Å². The molecule has 23 heavy (non-hydrogen) atoms. The predicted molar refractivity (Wildman–Crippen MR) is 90.0 cm³/mol. The molecule has 1 aromatic carbocycles. The van der Waals surface area contributed by atoms with Gasteiger partial charge in [-0.05, 0) is 43.9 Å². The van der Waals surface area contributed by atoms with Crippen molar-refractivity contribution in [1.82, 2.24) is 9.78 Å². The van der Waals surface area contributed by atoms with Crippen LogP contribution in [-0.4, -0.2) is 22.3 Å². The Labute approximate surface area is 136 Å². The zero-order chi connectivity index (χ0) is 16.2. The molecule has 0 fully saturated rings. The number of benzene rings is 1. The molecular formula is C18H23N3O2. The maximum atomic E-state index is 12.5. The topological polar surface area (TPSA) is 56.1 Å². The van der Waals surface area contributed by atoms with Gasteiger partial charge in [-0.15, -0.1) is 0 Å². The fourth-order valence-corrected chi connectivity index (χ4v) is 2.92. The fourth-order valence-electron chi connectivity index (χ4n) is 2.92. The number of ether oxygens (including phenoxy) is 1. The van der Waals surface area contributed by atoms with Gasteiger partial charge in [0.1, 0.15) is 11.6 Å². The zero-order valence-electron chi connectivity index (χ0n) is 13.8. The van der Waals surface area contributed by atoms with E-state index in [9.17, 15) is 4.79 Å². The molecule has 1 heterocycles. The van der Waals surface area contributed by atoms with Crippen molar-refractivity contribution in [3.05, 3.63) is 41.1 Å². The van der Waals surface area contributed by atoms with E-state index in [4.69, 9.17) is 4.74 Å². The Kier molecular flexibility index (Phi) is 4.65. The van der Waals surface area contributed by atoms with E-state index in [2.05, 4.69) is 17.3 Å². The van der Waals surface area contributed by atoms with Gasteiger partial charge in [-0.1, -0.05) is 19.4 Å². The molecule has 1 N–H and O–H groups in total. The van der Waals surface area contributed by atoms with Crippen LogP contribution in [0.25, 0.3) is 0 Å². The second-order valence-corrected chi connectivity index (χ2v) is 5.93. The molecule has 1 aliphatic rings. The van der Waals surface area contributed by atoms with Crippen molar-refractivity contribution in [3.63, 3.8) is 0 Å². The first-order valence-electron chi connectivity index (χ1n) is 8.28. The number of aryl methyl sites for hydroxylation is 2. The van der Waals surface area contributed by atoms with E-state index >= 15 is 0 Å². The number of carbonyl (C=O) groups is 1. The number of rotatable bonds is 6. The second-order valence-electron chi connectivity index (χ2n) is 5.93. The highest BCUT2D eigenvalue weighted by Crippen LogP contribution is 2.28. The summed E-state index contributed by atoms with van der Waals surface area (Å²) in [5.74, 6) is 1.43. The highest BCUT2D eigenvalue weighted by molar-refractivity contribution is 6.04. The fraction of sp³-hybridized carbons (Fsp3) is 0.444. The third-order valence-corrected chi connectivity index (χ3v) is 4.16. The lowest BCUT2D eigenvalue weighted by Crippen LogP contribution is -2.15. The standard InChI is InChI=1S/C18H23N3O2/c1-3-4-11-23-14-8-5-7-13(12-14)18(22)19-17-15-9-6-10-16(15)20-21(17)2/h5,7-8,12H,3-4,6,9-11H2,1-2H3,(H,19,22). The molecule has 1 aromatic heterocycles. The number of unbranched alkanes of at least 4 members (excludes halogenated alkanes) is 1. The molecule has 122 valence electrons. The van der Waals surface area contributed by atoms with E-state index in [1.54, 1.807) is 16.8 Å². The second kappa shape index (κ2) is 6.86. The van der Waals surface area contributed by atoms with Crippen molar-refractivity contribution in [2.45, 2.75) is 39.0 Å². The predicted octanol–water partition coefficient (Wildman–Crippen LogP) is 3.34. The first kappa shape index (κ1) is 15.6. The van der Waals surface area contributed by atoms with Gasteiger partial charge in [-0.25, -0.2) is 0 Å². The number of carbonyl (C=O) groups excluding carboxylic acids is 1. The van der Waals surface area contributed by atoms with Gasteiger partial charge in [-0.3, -0.25) is 9.48 Å². The number of anilines is 1. The number of hydrogen-bond donors (Lipinski definition) is 1. The molecule has 5 heteroatoms. The lowest BCUT2D eigenvalue weighted by atomic mass is 10.2. The number of aromatic nitrogens is 2. The number of nitrogens with zero attached hydrogens (tertiary/aromatic N) is 2. The summed E-state index contributed by atoms with van der Waals surface area (Å²) in [4.78, 5) is 12.5. The van der Waals surface area contributed by atoms with Gasteiger partial charge in [0.2, 0.25) is 0 Å². The molecule has 0 unspecified atom stereocenters. The molecule has 0 saturated heterocycles. The summed E-state index contributed by atoms with van der Waals surface area (Å²) in [5, 5.41) is 7.49. The molecule has 3 rings (SSSR count). The third-order valence-electron chi connectivity index (χ3n) is 4.16. The Balaban J connectivity index is 1.72. The number of amides is 1. The highest BCUT2D eigenvalue weighted by atomic mass is 16.5. The van der Waals surface area contributed by atoms with E-state index < -0.39 is 0 Å². The smallest absolute Gasteiger partial charge is 0.256 e. The summed E-state index contributed by atoms with van der Waals surface area (Å²) in [5.41, 5.74) is 2.89. The Bertz CT molecular complexity index is 706. The average molecular weight is 313 g/mol. The monoisotopic (exact) mass is 313 g/mol. The van der Waals surface area contributed by atoms with Crippen LogP contribution in [-0.2, 0) is 19.9 Å². The maximum absolute atomic E-state index is 12.5. The van der Waals surface area contributed by atoms with E-state index in [0.29, 0.717) is 12.2 Å². The van der Waals surface area contributed by atoms with E-state index in [0.717, 1.165) is 49.4 Å². The van der Waals surface area contributed by atoms with Gasteiger partial charge in [-0.2, -0.15) is 5.10 Å². The van der Waals surface area contributed by atoms with Crippen molar-refractivity contribution in [3.8, 4) is 5.75 Å². The van der Waals surface area contributed by atoms with Gasteiger partial charge < -0.3 is 10.1 Å². The van der Waals surface area contributed by atoms with Crippen molar-refractivity contribution < 1.29 is 9.53 Å². The SMILES string of the molecule is CCCCOc1cccc(C(=O)Nc2c3c(nn2C)CCC3)c1. The van der Waals surface area contributed by atoms with Crippen LogP contribution < -0.4 is 10.1 Å². The summed E-state index contributed by atoms with van der Waals surface area (Å²) in [6, 6.07) is 7.33. The van der Waals surface area contributed by atoms with Crippen LogP contribution in [0.3, 0.4) is 0 Å². The van der Waals surface area contributed by atoms with Crippen LogP contribution >= 0.6 is 0 Å². The molecule has 1 amide bonds. The summed E-state index contributed by atoms with van der Waals surface area (Å²) in [6.45, 7) is 2.80. The average Bonchev–Trinajstić information content (AvgIpc) is 3.11. The van der Waals surface area contributed by atoms with Gasteiger partial charge in [0, 0.05) is 18.2 Å². The normalized spacial score (nSPS) is 13.0. The summed E-state index contributed by atoms with van der Waals surface area (Å²) in [7, 11) is 1.87. The van der Waals surface area contributed by atoms with Crippen LogP contribution in [0.4, 0.5) is 5.82 Å². The van der Waals surface area contributed by atoms with Crippen LogP contribution in [0.2, 0.25) is 0 Å². The molecule has 2 aromatic rings. The first-order valence-corrected chi connectivity index (χ1v) is 8.28. The van der Waals surface area contributed by atoms with Crippen LogP contribution in [0, 0.1) is 0 Å². The largest absolute Gasteiger partial charge is 0.494 e. The molecule has 5 nitrogen and oxygen atoms in total. The number of fused-ring (bicyclic) bond motifs is 1. The first-order chi connectivity index (χ1) is 11.2. The van der Waals surface area contributed by atoms with Gasteiger partial charge in [0.05, 0.1) is 12.3 Å². The van der Waals surface area contributed by atoms with Crippen molar-refractivity contribution >= 4 is 11.7 Å². The van der Waals surface area contributed by atoms with E-state index in [-0.39, 0.29) is 5.91 Å². The number of nitrogens with one attached hydrogen (secondary N) is 1. The molecule has 0 saturated carbocycles. The maximum Gasteiger partial charge on any atom is 0.256 e. The van der Waals surface area contributed by atoms with Crippen LogP contribution in [0.5, 0.6) is 5.75 Å². The molecule has 0 atom stereocenters. The Morgan fingerprint density at radius 1 is 1.39 bits per heavy atom. The minimum Gasteiger partial charge on any atom is -0.494 e. The Morgan fingerprint density at radius 3 is 3.09 bits per heavy atom. The van der Waals surface area contributed by atoms with Gasteiger partial charge in [0.25, 0.3) is 5.91 Å². The number of hydrogen-bond acceptors (Lipinski definition) is 3. The minimum absolute atomic E-state index is 0.122. The Hall–Kier alpha value is -2.30. The molecule has 0 spiro atoms. The summed E-state index contributed by atoms with van der Waals surface area (Å²) < 4.78 is 7.44. The van der Waals surface area contributed by atoms with Crippen molar-refractivity contribution in [2.75, 3.05) is 11.9 Å². The van der Waals surface area contributed by atoms with Crippen LogP contribution in [0.15, 0.2) is 24.3 Å². The molecule has 1 aliphatic carbocycles. The van der Waals surface area contributed by atoms with Gasteiger partial charge >= 0.3 is 0 Å². The molecule has 0 bridgehead atoms. The lowest BCUT2D eigenvalue weighted by Gasteiger charge is -2.10. The van der Waals surface area contributed by atoms with Crippen molar-refractivity contribution in [2.24, 2.45) is 7.05 Å². The Morgan fingerprint density at radius 2 is 2.26 bits per heavy atom. The highest BCUT2D eigenvalue weighted by Gasteiger charge is 2.22. The summed E-state index contributed by atoms with van der Waals surface area (Å²) >= 11 is 0. The van der Waals surface area contributed by atoms with E-state index in [1.807, 2.05) is 19.2 Å². The lowest BCUT2D eigenvalue weighted by molar-refractivity contribution is 0.102. The molecule has 0 aliphatic heterocycles. The van der Waals surface area contributed by atoms with E-state index in [1.165, 1.54) is 5.56 Å². The molecular weight excluding hydrogens is 290 g/mol. The quantitative estimate of drug-likeness (QED) is 0.832. The van der Waals surface area contributed by atoms with Crippen LogP contribution in [0.1, 0.15) is 47.8 Å². The van der Waals surface area contributed by atoms with Crippen molar-refractivity contribution in [1.29, 1.82) is 0 Å². The third kappa shape index (κ3) is 3.38. The zero-order valence-corrected chi connectivity index (χ0v) is 13.8. The summed E-state index contributed by atoms with van der Waals surface area (Å²) in [6.07, 6.45) is 5.20.